The van der Waals surface area contributed by atoms with Crippen molar-refractivity contribution in [2.24, 2.45) is 10.2 Å². The van der Waals surface area contributed by atoms with Crippen LogP contribution < -0.4 is 10.2 Å². The molecule has 1 aromatic carbocycles. The van der Waals surface area contributed by atoms with Gasteiger partial charge in [-0.3, -0.25) is 0 Å². The third kappa shape index (κ3) is 7.39. The third-order valence-electron chi connectivity index (χ3n) is 2.91. The Morgan fingerprint density at radius 1 is 1.17 bits per heavy atom. The molecule has 0 aliphatic rings. The molecule has 1 aromatic rings. The van der Waals surface area contributed by atoms with Gasteiger partial charge in [0.1, 0.15) is 0 Å². The molecule has 0 aromatic heterocycles. The summed E-state index contributed by atoms with van der Waals surface area (Å²) < 4.78 is 0. The predicted molar refractivity (Wildman–Crippen MR) is 93.8 cm³/mol. The molecule has 0 saturated carbocycles. The molecular formula is C17H24N4O2. The lowest BCUT2D eigenvalue weighted by Gasteiger charge is -2.22. The number of rotatable bonds is 10. The Morgan fingerprint density at radius 3 is 2.39 bits per heavy atom. The number of anilines is 1. The van der Waals surface area contributed by atoms with Crippen LogP contribution in [0.3, 0.4) is 0 Å². The Bertz CT molecular complexity index is 544. The summed E-state index contributed by atoms with van der Waals surface area (Å²) in [7, 11) is 1.82. The summed E-state index contributed by atoms with van der Waals surface area (Å²) in [6.45, 7) is 4.82. The maximum Gasteiger partial charge on any atom is 0.0858 e. The number of azo groups is 1. The fourth-order valence-electron chi connectivity index (χ4n) is 1.82. The number of benzene rings is 1. The molecule has 6 heteroatoms. The van der Waals surface area contributed by atoms with E-state index in [9.17, 15) is 0 Å². The van der Waals surface area contributed by atoms with Crippen LogP contribution in [0.25, 0.3) is 0 Å². The predicted octanol–water partition coefficient (Wildman–Crippen LogP) is 2.36. The SMILES string of the molecule is C=C(/C=C\C=C/NC)/N=N/c1ccc(N(CCO)CCO)cc1. The van der Waals surface area contributed by atoms with Crippen molar-refractivity contribution in [3.63, 3.8) is 0 Å². The zero-order valence-corrected chi connectivity index (χ0v) is 13.4. The quantitative estimate of drug-likeness (QED) is 0.457. The van der Waals surface area contributed by atoms with Gasteiger partial charge < -0.3 is 20.4 Å². The first kappa shape index (κ1) is 18.6. The molecule has 0 fully saturated rings. The summed E-state index contributed by atoms with van der Waals surface area (Å²) >= 11 is 0. The minimum atomic E-state index is 0.0373. The van der Waals surface area contributed by atoms with Crippen LogP contribution in [0.5, 0.6) is 0 Å². The van der Waals surface area contributed by atoms with E-state index in [0.717, 1.165) is 5.69 Å². The molecule has 0 amide bonds. The van der Waals surface area contributed by atoms with Gasteiger partial charge in [0.15, 0.2) is 0 Å². The van der Waals surface area contributed by atoms with Crippen LogP contribution in [0, 0.1) is 0 Å². The van der Waals surface area contributed by atoms with Crippen molar-refractivity contribution < 1.29 is 10.2 Å². The fraction of sp³-hybridized carbons (Fsp3) is 0.294. The summed E-state index contributed by atoms with van der Waals surface area (Å²) in [5.74, 6) is 0. The van der Waals surface area contributed by atoms with Crippen molar-refractivity contribution in [2.75, 3.05) is 38.3 Å². The minimum Gasteiger partial charge on any atom is -0.395 e. The Labute approximate surface area is 137 Å². The zero-order chi connectivity index (χ0) is 16.9. The molecule has 0 aliphatic carbocycles. The van der Waals surface area contributed by atoms with Gasteiger partial charge in [-0.05, 0) is 42.6 Å². The van der Waals surface area contributed by atoms with E-state index in [0.29, 0.717) is 24.5 Å². The van der Waals surface area contributed by atoms with Gasteiger partial charge in [-0.2, -0.15) is 10.2 Å². The molecule has 0 bridgehead atoms. The van der Waals surface area contributed by atoms with Gasteiger partial charge in [-0.1, -0.05) is 12.7 Å². The molecule has 0 radical (unpaired) electrons. The van der Waals surface area contributed by atoms with Crippen LogP contribution in [0.4, 0.5) is 11.4 Å². The van der Waals surface area contributed by atoms with E-state index in [2.05, 4.69) is 22.1 Å². The van der Waals surface area contributed by atoms with E-state index < -0.39 is 0 Å². The lowest BCUT2D eigenvalue weighted by atomic mass is 10.2. The molecule has 1 rings (SSSR count). The van der Waals surface area contributed by atoms with E-state index in [1.807, 2.05) is 48.4 Å². The molecule has 23 heavy (non-hydrogen) atoms. The Hall–Kier alpha value is -2.44. The van der Waals surface area contributed by atoms with Crippen LogP contribution in [0.2, 0.25) is 0 Å². The van der Waals surface area contributed by atoms with Gasteiger partial charge in [0, 0.05) is 25.8 Å². The van der Waals surface area contributed by atoms with E-state index in [1.165, 1.54) is 0 Å². The second-order valence-electron chi connectivity index (χ2n) is 4.65. The van der Waals surface area contributed by atoms with Gasteiger partial charge in [0.25, 0.3) is 0 Å². The molecule has 6 nitrogen and oxygen atoms in total. The van der Waals surface area contributed by atoms with Crippen molar-refractivity contribution in [2.45, 2.75) is 0 Å². The summed E-state index contributed by atoms with van der Waals surface area (Å²) in [6, 6.07) is 7.43. The number of hydrogen-bond donors (Lipinski definition) is 3. The highest BCUT2D eigenvalue weighted by Crippen LogP contribution is 2.20. The van der Waals surface area contributed by atoms with Crippen LogP contribution >= 0.6 is 0 Å². The Kier molecular flexibility index (Phi) is 9.04. The van der Waals surface area contributed by atoms with Crippen LogP contribution in [0.1, 0.15) is 0 Å². The van der Waals surface area contributed by atoms with Gasteiger partial charge >= 0.3 is 0 Å². The van der Waals surface area contributed by atoms with Crippen molar-refractivity contribution in [1.82, 2.24) is 5.32 Å². The standard InChI is InChI=1S/C17H24N4O2/c1-15(5-3-4-10-18-2)19-20-16-6-8-17(9-7-16)21(11-13-22)12-14-23/h3-10,18,22-23H,1,11-14H2,2H3/b5-3-,10-4-,20-19+. The Morgan fingerprint density at radius 2 is 1.83 bits per heavy atom. The summed E-state index contributed by atoms with van der Waals surface area (Å²) in [4.78, 5) is 1.90. The molecule has 0 aliphatic heterocycles. The molecule has 0 unspecified atom stereocenters. The van der Waals surface area contributed by atoms with Crippen LogP contribution in [0.15, 0.2) is 71.2 Å². The maximum atomic E-state index is 9.05. The molecular weight excluding hydrogens is 292 g/mol. The average Bonchev–Trinajstić information content (AvgIpc) is 2.57. The second-order valence-corrected chi connectivity index (χ2v) is 4.65. The molecule has 0 saturated heterocycles. The van der Waals surface area contributed by atoms with Crippen molar-refractivity contribution in [3.05, 3.63) is 61.0 Å². The lowest BCUT2D eigenvalue weighted by molar-refractivity contribution is 0.281. The highest BCUT2D eigenvalue weighted by molar-refractivity contribution is 5.52. The topological polar surface area (TPSA) is 80.5 Å². The number of allylic oxidation sites excluding steroid dienone is 3. The molecule has 3 N–H and O–H groups in total. The largest absolute Gasteiger partial charge is 0.395 e. The van der Waals surface area contributed by atoms with Gasteiger partial charge in [0.2, 0.25) is 0 Å². The summed E-state index contributed by atoms with van der Waals surface area (Å²) in [5, 5.41) is 29.1. The zero-order valence-electron chi connectivity index (χ0n) is 13.4. The van der Waals surface area contributed by atoms with Gasteiger partial charge in [-0.15, -0.1) is 0 Å². The van der Waals surface area contributed by atoms with E-state index in [-0.39, 0.29) is 13.2 Å². The summed E-state index contributed by atoms with van der Waals surface area (Å²) in [6.07, 6.45) is 7.22. The molecule has 0 spiro atoms. The van der Waals surface area contributed by atoms with Gasteiger partial charge in [-0.25, -0.2) is 0 Å². The van der Waals surface area contributed by atoms with Crippen LogP contribution in [-0.4, -0.2) is 43.6 Å². The highest BCUT2D eigenvalue weighted by atomic mass is 16.3. The molecule has 0 heterocycles. The number of nitrogens with one attached hydrogen (secondary N) is 1. The molecule has 0 atom stereocenters. The van der Waals surface area contributed by atoms with E-state index in [4.69, 9.17) is 10.2 Å². The Balaban J connectivity index is 2.65. The minimum absolute atomic E-state index is 0.0373. The number of hydrogen-bond acceptors (Lipinski definition) is 6. The first-order valence-electron chi connectivity index (χ1n) is 7.39. The number of aliphatic hydroxyl groups is 2. The third-order valence-corrected chi connectivity index (χ3v) is 2.91. The fourth-order valence-corrected chi connectivity index (χ4v) is 1.82. The smallest absolute Gasteiger partial charge is 0.0858 e. The van der Waals surface area contributed by atoms with E-state index >= 15 is 0 Å². The van der Waals surface area contributed by atoms with Crippen LogP contribution in [-0.2, 0) is 0 Å². The van der Waals surface area contributed by atoms with E-state index in [1.54, 1.807) is 12.3 Å². The van der Waals surface area contributed by atoms with Crippen molar-refractivity contribution in [3.8, 4) is 0 Å². The first-order valence-corrected chi connectivity index (χ1v) is 7.39. The first-order chi connectivity index (χ1) is 11.2. The normalized spacial score (nSPS) is 11.6. The lowest BCUT2D eigenvalue weighted by Crippen LogP contribution is -2.29. The second kappa shape index (κ2) is 11.2. The highest BCUT2D eigenvalue weighted by Gasteiger charge is 2.04. The van der Waals surface area contributed by atoms with Gasteiger partial charge in [0.05, 0.1) is 24.6 Å². The van der Waals surface area contributed by atoms with Crippen molar-refractivity contribution in [1.29, 1.82) is 0 Å². The monoisotopic (exact) mass is 316 g/mol. The maximum absolute atomic E-state index is 9.05. The number of aliphatic hydroxyl groups excluding tert-OH is 2. The molecule has 124 valence electrons. The average molecular weight is 316 g/mol. The number of nitrogens with zero attached hydrogens (tertiary/aromatic N) is 3. The van der Waals surface area contributed by atoms with Crippen molar-refractivity contribution >= 4 is 11.4 Å². The summed E-state index contributed by atoms with van der Waals surface area (Å²) in [5.41, 5.74) is 2.18.